The minimum atomic E-state index is -4.23. The Balaban J connectivity index is 1.56. The highest BCUT2D eigenvalue weighted by Gasteiger charge is 2.56. The molecule has 13 nitrogen and oxygen atoms in total. The van der Waals surface area contributed by atoms with Gasteiger partial charge in [-0.2, -0.15) is 4.72 Å². The van der Waals surface area contributed by atoms with E-state index in [4.69, 9.17) is 11.6 Å². The smallest absolute Gasteiger partial charge is 0.271 e. The Morgan fingerprint density at radius 3 is 2.02 bits per heavy atom. The van der Waals surface area contributed by atoms with Crippen molar-refractivity contribution < 1.29 is 27.9 Å². The number of rotatable bonds is 10. The maximum absolute atomic E-state index is 14.2. The minimum absolute atomic E-state index is 0.0794. The molecule has 0 aliphatic carbocycles. The van der Waals surface area contributed by atoms with Crippen molar-refractivity contribution in [2.45, 2.75) is 30.4 Å². The molecule has 1 heterocycles. The second-order valence-electron chi connectivity index (χ2n) is 10.2. The molecule has 5 rings (SSSR count). The lowest BCUT2D eigenvalue weighted by molar-refractivity contribution is -0.394. The summed E-state index contributed by atoms with van der Waals surface area (Å²) in [6.45, 7) is 1.79. The number of carbonyl (C=O) groups is 2. The summed E-state index contributed by atoms with van der Waals surface area (Å²) < 4.78 is 29.3. The first kappa shape index (κ1) is 31.3. The number of nitro benzene ring substituents is 2. The number of halogens is 1. The maximum atomic E-state index is 14.2. The highest BCUT2D eigenvalue weighted by Crippen LogP contribution is 2.46. The third-order valence-electron chi connectivity index (χ3n) is 7.04. The fraction of sp³-hybridized carbons (Fsp3) is 0.133. The van der Waals surface area contributed by atoms with E-state index in [2.05, 4.69) is 4.72 Å². The Morgan fingerprint density at radius 2 is 1.44 bits per heavy atom. The van der Waals surface area contributed by atoms with Gasteiger partial charge in [0.2, 0.25) is 10.0 Å². The monoisotopic (exact) mass is 649 g/mol. The molecule has 4 aromatic carbocycles. The third-order valence-corrected chi connectivity index (χ3v) is 8.87. The number of hydrogen-bond donors (Lipinski definition) is 1. The van der Waals surface area contributed by atoms with Gasteiger partial charge in [0.05, 0.1) is 26.4 Å². The molecule has 0 spiro atoms. The summed E-state index contributed by atoms with van der Waals surface area (Å²) in [5.74, 6) is -1.80. The summed E-state index contributed by atoms with van der Waals surface area (Å²) in [6, 6.07) is 22.0. The van der Waals surface area contributed by atoms with Gasteiger partial charge in [-0.15, -0.1) is 0 Å². The Kier molecular flexibility index (Phi) is 8.64. The van der Waals surface area contributed by atoms with E-state index in [0.29, 0.717) is 17.2 Å². The molecular formula is C30H24ClN5O8S. The van der Waals surface area contributed by atoms with Crippen LogP contribution in [0.1, 0.15) is 33.2 Å². The number of amides is 2. The average Bonchev–Trinajstić information content (AvgIpc) is 3.75. The van der Waals surface area contributed by atoms with Crippen LogP contribution in [-0.2, 0) is 21.2 Å². The number of sulfonamides is 1. The number of nitrogens with zero attached hydrogens (tertiary/aromatic N) is 4. The summed E-state index contributed by atoms with van der Waals surface area (Å²) in [5.41, 5.74) is -0.0774. The zero-order valence-electron chi connectivity index (χ0n) is 23.4. The zero-order chi connectivity index (χ0) is 32.5. The molecule has 0 radical (unpaired) electrons. The quantitative estimate of drug-likeness (QED) is 0.143. The second kappa shape index (κ2) is 12.4. The first-order valence-electron chi connectivity index (χ1n) is 13.3. The van der Waals surface area contributed by atoms with Gasteiger partial charge in [-0.1, -0.05) is 77.8 Å². The molecule has 15 heteroatoms. The fourth-order valence-corrected chi connectivity index (χ4v) is 6.20. The predicted octanol–water partition coefficient (Wildman–Crippen LogP) is 4.95. The van der Waals surface area contributed by atoms with Crippen LogP contribution in [0, 0.1) is 27.2 Å². The van der Waals surface area contributed by atoms with Gasteiger partial charge < -0.3 is 0 Å². The molecule has 4 aromatic rings. The predicted molar refractivity (Wildman–Crippen MR) is 162 cm³/mol. The molecule has 1 saturated heterocycles. The van der Waals surface area contributed by atoms with Gasteiger partial charge in [-0.25, -0.2) is 18.4 Å². The molecule has 1 aliphatic rings. The molecule has 1 aliphatic heterocycles. The van der Waals surface area contributed by atoms with Crippen molar-refractivity contribution in [1.29, 1.82) is 0 Å². The standard InChI is InChI=1S/C30H24ClN5O8S/c1-19-11-13-24(14-12-19)45(43,44)32-27(15-20-7-3-2-4-8-20)30(38)34-28(25-9-5-6-10-26(25)31)33(34)29(37)21-16-22(35(39)40)18-23(17-21)36(41)42/h2-14,16-18,27-28,32H,15H2,1H3. The molecule has 230 valence electrons. The SMILES string of the molecule is Cc1ccc(S(=O)(=O)NC(Cc2ccccc2)C(=O)N2C(c3ccccc3Cl)N2C(=O)c2cc([N+](=O)[O-])cc([N+](=O)[O-])c2)cc1. The van der Waals surface area contributed by atoms with Crippen molar-refractivity contribution in [3.63, 3.8) is 0 Å². The van der Waals surface area contributed by atoms with Crippen LogP contribution in [0.5, 0.6) is 0 Å². The lowest BCUT2D eigenvalue weighted by Gasteiger charge is -2.19. The number of benzene rings is 4. The molecule has 45 heavy (non-hydrogen) atoms. The highest BCUT2D eigenvalue weighted by molar-refractivity contribution is 7.89. The van der Waals surface area contributed by atoms with Gasteiger partial charge in [0, 0.05) is 22.7 Å². The van der Waals surface area contributed by atoms with Crippen LogP contribution >= 0.6 is 11.6 Å². The van der Waals surface area contributed by atoms with Crippen LogP contribution in [0.25, 0.3) is 0 Å². The van der Waals surface area contributed by atoms with Crippen molar-refractivity contribution in [3.8, 4) is 0 Å². The normalized spacial score (nSPS) is 14.9. The summed E-state index contributed by atoms with van der Waals surface area (Å²) in [5, 5.41) is 25.1. The van der Waals surface area contributed by atoms with Crippen LogP contribution in [0.4, 0.5) is 11.4 Å². The van der Waals surface area contributed by atoms with Crippen molar-refractivity contribution >= 4 is 44.8 Å². The Hall–Kier alpha value is -5.18. The Labute approximate surface area is 262 Å². The van der Waals surface area contributed by atoms with Gasteiger partial charge in [0.25, 0.3) is 23.2 Å². The molecular weight excluding hydrogens is 626 g/mol. The largest absolute Gasteiger partial charge is 0.277 e. The molecule has 2 atom stereocenters. The lowest BCUT2D eigenvalue weighted by atomic mass is 10.1. The van der Waals surface area contributed by atoms with E-state index in [0.717, 1.165) is 27.7 Å². The number of carbonyl (C=O) groups excluding carboxylic acids is 2. The summed E-state index contributed by atoms with van der Waals surface area (Å²) >= 11 is 6.42. The van der Waals surface area contributed by atoms with Crippen molar-refractivity contribution in [2.75, 3.05) is 0 Å². The van der Waals surface area contributed by atoms with Crippen LogP contribution in [0.2, 0.25) is 5.02 Å². The number of aryl methyl sites for hydroxylation is 1. The number of nitrogens with one attached hydrogen (secondary N) is 1. The van der Waals surface area contributed by atoms with E-state index in [1.807, 2.05) is 0 Å². The van der Waals surface area contributed by atoms with E-state index in [1.54, 1.807) is 67.6 Å². The number of nitro groups is 2. The number of hydrogen-bond acceptors (Lipinski definition) is 8. The molecule has 2 unspecified atom stereocenters. The van der Waals surface area contributed by atoms with Crippen LogP contribution in [-0.4, -0.2) is 46.1 Å². The average molecular weight is 650 g/mol. The van der Waals surface area contributed by atoms with Crippen molar-refractivity contribution in [2.24, 2.45) is 0 Å². The van der Waals surface area contributed by atoms with Crippen LogP contribution < -0.4 is 4.72 Å². The molecule has 1 N–H and O–H groups in total. The Morgan fingerprint density at radius 1 is 0.867 bits per heavy atom. The van der Waals surface area contributed by atoms with Gasteiger partial charge in [-0.3, -0.25) is 29.8 Å². The van der Waals surface area contributed by atoms with Crippen molar-refractivity contribution in [1.82, 2.24) is 14.7 Å². The minimum Gasteiger partial charge on any atom is -0.271 e. The van der Waals surface area contributed by atoms with Gasteiger partial charge >= 0.3 is 0 Å². The summed E-state index contributed by atoms with van der Waals surface area (Å²) in [4.78, 5) is 49.1. The van der Waals surface area contributed by atoms with Gasteiger partial charge in [0.15, 0.2) is 6.17 Å². The lowest BCUT2D eigenvalue weighted by Crippen LogP contribution is -2.46. The first-order valence-corrected chi connectivity index (χ1v) is 15.2. The molecule has 0 bridgehead atoms. The first-order chi connectivity index (χ1) is 21.4. The summed E-state index contributed by atoms with van der Waals surface area (Å²) in [6.07, 6.45) is -1.24. The van der Waals surface area contributed by atoms with E-state index >= 15 is 0 Å². The van der Waals surface area contributed by atoms with E-state index in [1.165, 1.54) is 18.2 Å². The zero-order valence-corrected chi connectivity index (χ0v) is 25.0. The molecule has 0 aromatic heterocycles. The highest BCUT2D eigenvalue weighted by atomic mass is 35.5. The second-order valence-corrected chi connectivity index (χ2v) is 12.3. The number of hydrazine groups is 1. The van der Waals surface area contributed by atoms with E-state index in [9.17, 15) is 38.2 Å². The number of non-ortho nitro benzene ring substituents is 2. The molecule has 0 saturated carbocycles. The maximum Gasteiger partial charge on any atom is 0.277 e. The molecule has 2 amide bonds. The van der Waals surface area contributed by atoms with Gasteiger partial charge in [0.1, 0.15) is 6.04 Å². The Bertz CT molecular complexity index is 1890. The van der Waals surface area contributed by atoms with E-state index < -0.39 is 60.8 Å². The topological polar surface area (TPSA) is 173 Å². The third kappa shape index (κ3) is 6.67. The van der Waals surface area contributed by atoms with Crippen molar-refractivity contribution in [3.05, 3.63) is 145 Å². The van der Waals surface area contributed by atoms with Crippen LogP contribution in [0.15, 0.2) is 102 Å². The van der Waals surface area contributed by atoms with Gasteiger partial charge in [-0.05, 0) is 37.1 Å². The molecule has 1 fully saturated rings. The summed E-state index contributed by atoms with van der Waals surface area (Å²) in [7, 11) is -4.23. The fourth-order valence-electron chi connectivity index (χ4n) is 4.78. The van der Waals surface area contributed by atoms with E-state index in [-0.39, 0.29) is 16.3 Å². The van der Waals surface area contributed by atoms with Crippen LogP contribution in [0.3, 0.4) is 0 Å².